The molecule has 0 fully saturated rings. The maximum absolute atomic E-state index is 5.42. The van der Waals surface area contributed by atoms with Crippen molar-refractivity contribution in [1.82, 2.24) is 4.98 Å². The van der Waals surface area contributed by atoms with Gasteiger partial charge in [0.05, 0.1) is 16.8 Å². The van der Waals surface area contributed by atoms with E-state index in [0.29, 0.717) is 0 Å². The van der Waals surface area contributed by atoms with Crippen molar-refractivity contribution in [3.8, 4) is 55.9 Å². The molecule has 1 aromatic heterocycles. The lowest BCUT2D eigenvalue weighted by Crippen LogP contribution is -2.25. The van der Waals surface area contributed by atoms with Crippen LogP contribution in [0.2, 0.25) is 0 Å². The molecule has 9 aromatic carbocycles. The van der Waals surface area contributed by atoms with E-state index in [9.17, 15) is 0 Å². The molecule has 1 heteroatoms. The van der Waals surface area contributed by atoms with E-state index in [1.165, 1.54) is 82.4 Å². The highest BCUT2D eigenvalue weighted by Gasteiger charge is 2.51. The highest BCUT2D eigenvalue weighted by Crippen LogP contribution is 2.64. The normalized spacial score (nSPS) is 13.2. The lowest BCUT2D eigenvalue weighted by Gasteiger charge is -2.30. The third-order valence-corrected chi connectivity index (χ3v) is 12.3. The summed E-state index contributed by atoms with van der Waals surface area (Å²) in [6.07, 6.45) is 0. The minimum atomic E-state index is -0.393. The van der Waals surface area contributed by atoms with E-state index >= 15 is 0 Å². The summed E-state index contributed by atoms with van der Waals surface area (Å²) in [5.41, 5.74) is 16.8. The SMILES string of the molecule is c1ccc(-c2cc(-c3cccc4c3-c3ccccc3C43c4ccccc4-c4ccccc43)cc(-c3ccc4c5ccccc5c5ccccc5c4c3)n2)cc1. The van der Waals surface area contributed by atoms with Crippen LogP contribution in [0.3, 0.4) is 0 Å². The van der Waals surface area contributed by atoms with Crippen LogP contribution in [0.15, 0.2) is 200 Å². The van der Waals surface area contributed by atoms with Crippen molar-refractivity contribution in [3.05, 3.63) is 222 Å². The molecule has 1 nitrogen and oxygen atoms in total. The van der Waals surface area contributed by atoms with E-state index in [0.717, 1.165) is 28.1 Å². The van der Waals surface area contributed by atoms with E-state index < -0.39 is 5.41 Å². The zero-order valence-electron chi connectivity index (χ0n) is 30.0. The fraction of sp³-hybridized carbons (Fsp3) is 0.0185. The van der Waals surface area contributed by atoms with Gasteiger partial charge >= 0.3 is 0 Å². The number of pyridine rings is 1. The van der Waals surface area contributed by atoms with Crippen molar-refractivity contribution in [3.63, 3.8) is 0 Å². The first kappa shape index (κ1) is 30.4. The van der Waals surface area contributed by atoms with Crippen LogP contribution in [0, 0.1) is 0 Å². The minimum Gasteiger partial charge on any atom is -0.248 e. The van der Waals surface area contributed by atoms with Crippen LogP contribution in [-0.4, -0.2) is 4.98 Å². The maximum atomic E-state index is 5.42. The molecule has 0 amide bonds. The predicted molar refractivity (Wildman–Crippen MR) is 229 cm³/mol. The van der Waals surface area contributed by atoms with Gasteiger partial charge in [0.1, 0.15) is 0 Å². The maximum Gasteiger partial charge on any atom is 0.0725 e. The van der Waals surface area contributed by atoms with Gasteiger partial charge in [-0.2, -0.15) is 0 Å². The van der Waals surface area contributed by atoms with Gasteiger partial charge in [-0.05, 0) is 106 Å². The minimum absolute atomic E-state index is 0.393. The lowest BCUT2D eigenvalue weighted by atomic mass is 9.70. The van der Waals surface area contributed by atoms with Gasteiger partial charge < -0.3 is 0 Å². The van der Waals surface area contributed by atoms with Crippen molar-refractivity contribution in [2.24, 2.45) is 0 Å². The topological polar surface area (TPSA) is 12.9 Å². The van der Waals surface area contributed by atoms with Crippen molar-refractivity contribution < 1.29 is 0 Å². The molecule has 0 aliphatic heterocycles. The van der Waals surface area contributed by atoms with Crippen molar-refractivity contribution in [2.75, 3.05) is 0 Å². The summed E-state index contributed by atoms with van der Waals surface area (Å²) in [5, 5.41) is 7.60. The Labute approximate surface area is 319 Å². The number of hydrogen-bond acceptors (Lipinski definition) is 1. The number of hydrogen-bond donors (Lipinski definition) is 0. The summed E-state index contributed by atoms with van der Waals surface area (Å²) in [4.78, 5) is 5.42. The number of aromatic nitrogens is 1. The third kappa shape index (κ3) is 4.15. The van der Waals surface area contributed by atoms with Gasteiger partial charge in [0.2, 0.25) is 0 Å². The molecule has 2 aliphatic rings. The van der Waals surface area contributed by atoms with Crippen LogP contribution in [0.4, 0.5) is 0 Å². The first-order valence-electron chi connectivity index (χ1n) is 19.1. The summed E-state index contributed by atoms with van der Waals surface area (Å²) in [7, 11) is 0. The van der Waals surface area contributed by atoms with Crippen molar-refractivity contribution in [1.29, 1.82) is 0 Å². The second-order valence-electron chi connectivity index (χ2n) is 15.0. The van der Waals surface area contributed by atoms with Crippen LogP contribution in [0.5, 0.6) is 0 Å². The molecular formula is C54H33N. The number of nitrogens with zero attached hydrogens (tertiary/aromatic N) is 1. The third-order valence-electron chi connectivity index (χ3n) is 12.3. The van der Waals surface area contributed by atoms with Crippen LogP contribution in [0.25, 0.3) is 88.2 Å². The van der Waals surface area contributed by atoms with E-state index in [1.54, 1.807) is 0 Å². The van der Waals surface area contributed by atoms with E-state index in [-0.39, 0.29) is 0 Å². The summed E-state index contributed by atoms with van der Waals surface area (Å²) in [6.45, 7) is 0. The lowest BCUT2D eigenvalue weighted by molar-refractivity contribution is 0.794. The number of fused-ring (bicyclic) bond motifs is 16. The Bertz CT molecular complexity index is 3130. The summed E-state index contributed by atoms with van der Waals surface area (Å²) in [6, 6.07) is 73.8. The molecule has 254 valence electrons. The molecule has 2 aliphatic carbocycles. The van der Waals surface area contributed by atoms with Gasteiger partial charge in [-0.1, -0.05) is 182 Å². The predicted octanol–water partition coefficient (Wildman–Crippen LogP) is 13.9. The van der Waals surface area contributed by atoms with Gasteiger partial charge in [-0.25, -0.2) is 4.98 Å². The molecule has 10 aromatic rings. The second kappa shape index (κ2) is 11.5. The largest absolute Gasteiger partial charge is 0.248 e. The fourth-order valence-electron chi connectivity index (χ4n) is 10.0. The molecule has 0 N–H and O–H groups in total. The number of rotatable bonds is 3. The van der Waals surface area contributed by atoms with E-state index in [1.807, 2.05) is 0 Å². The van der Waals surface area contributed by atoms with Crippen LogP contribution in [-0.2, 0) is 5.41 Å². The van der Waals surface area contributed by atoms with Gasteiger partial charge in [0, 0.05) is 11.1 Å². The van der Waals surface area contributed by atoms with Crippen LogP contribution >= 0.6 is 0 Å². The Hall–Kier alpha value is -7.09. The standard InChI is InChI=1S/C54H33N/c1-2-15-34(16-3-1)51-32-36(33-52(55-51)35-29-30-42-40-19-5-4-17-38(40)39-18-6-7-20-41(39)46(42)31-35)37-24-14-28-50-53(37)45-23-10-13-27-49(45)54(50)47-25-11-8-21-43(47)44-22-9-12-26-48(44)54/h1-33H. The quantitative estimate of drug-likeness (QED) is 0.168. The molecule has 0 saturated carbocycles. The molecule has 1 spiro atoms. The Morgan fingerprint density at radius 1 is 0.273 bits per heavy atom. The summed E-state index contributed by atoms with van der Waals surface area (Å²) in [5.74, 6) is 0. The molecular weight excluding hydrogens is 663 g/mol. The van der Waals surface area contributed by atoms with Gasteiger partial charge in [-0.15, -0.1) is 0 Å². The highest BCUT2D eigenvalue weighted by atomic mass is 14.7. The smallest absolute Gasteiger partial charge is 0.0725 e. The van der Waals surface area contributed by atoms with Gasteiger partial charge in [0.15, 0.2) is 0 Å². The average Bonchev–Trinajstić information content (AvgIpc) is 3.74. The molecule has 0 radical (unpaired) electrons. The first-order chi connectivity index (χ1) is 27.3. The highest BCUT2D eigenvalue weighted by molar-refractivity contribution is 6.25. The Balaban J connectivity index is 1.13. The Morgan fingerprint density at radius 3 is 1.36 bits per heavy atom. The zero-order chi connectivity index (χ0) is 36.1. The number of benzene rings is 9. The fourth-order valence-corrected chi connectivity index (χ4v) is 10.0. The van der Waals surface area contributed by atoms with Crippen molar-refractivity contribution in [2.45, 2.75) is 5.41 Å². The molecule has 1 heterocycles. The molecule has 0 atom stereocenters. The Kier molecular flexibility index (Phi) is 6.33. The Morgan fingerprint density at radius 2 is 0.727 bits per heavy atom. The van der Waals surface area contributed by atoms with Gasteiger partial charge in [-0.3, -0.25) is 0 Å². The average molecular weight is 696 g/mol. The van der Waals surface area contributed by atoms with Crippen molar-refractivity contribution >= 4 is 32.3 Å². The van der Waals surface area contributed by atoms with Crippen LogP contribution in [0.1, 0.15) is 22.3 Å². The van der Waals surface area contributed by atoms with E-state index in [2.05, 4.69) is 200 Å². The second-order valence-corrected chi connectivity index (χ2v) is 15.0. The molecule has 0 bridgehead atoms. The molecule has 0 unspecified atom stereocenters. The monoisotopic (exact) mass is 695 g/mol. The molecule has 0 saturated heterocycles. The zero-order valence-corrected chi connectivity index (χ0v) is 30.0. The van der Waals surface area contributed by atoms with Crippen LogP contribution < -0.4 is 0 Å². The molecule has 12 rings (SSSR count). The molecule has 55 heavy (non-hydrogen) atoms. The van der Waals surface area contributed by atoms with Gasteiger partial charge in [0.25, 0.3) is 0 Å². The van der Waals surface area contributed by atoms with E-state index in [4.69, 9.17) is 4.98 Å². The summed E-state index contributed by atoms with van der Waals surface area (Å²) >= 11 is 0. The first-order valence-corrected chi connectivity index (χ1v) is 19.1. The summed E-state index contributed by atoms with van der Waals surface area (Å²) < 4.78 is 0.